The van der Waals surface area contributed by atoms with Gasteiger partial charge in [-0.25, -0.2) is 0 Å². The summed E-state index contributed by atoms with van der Waals surface area (Å²) in [7, 11) is 0. The molecule has 0 amide bonds. The van der Waals surface area contributed by atoms with Crippen LogP contribution in [0.4, 0.5) is 0 Å². The Labute approximate surface area is 103 Å². The maximum atomic E-state index is 9.05. The predicted molar refractivity (Wildman–Crippen MR) is 75.1 cm³/mol. The zero-order valence-electron chi connectivity index (χ0n) is 10.1. The summed E-state index contributed by atoms with van der Waals surface area (Å²) in [5.74, 6) is 0. The Hall–Kier alpha value is -1.19. The monoisotopic (exact) mass is 239 g/mol. The Morgan fingerprint density at radius 3 is 2.44 bits per heavy atom. The lowest BCUT2D eigenvalue weighted by Crippen LogP contribution is -1.97. The number of carbonyl (C=O) groups is 1. The zero-order valence-corrected chi connectivity index (χ0v) is 10.9. The maximum absolute atomic E-state index is 9.05. The van der Waals surface area contributed by atoms with E-state index in [4.69, 9.17) is 4.79 Å². The van der Waals surface area contributed by atoms with Gasteiger partial charge in [-0.15, -0.1) is 11.3 Å². The second-order valence-corrected chi connectivity index (χ2v) is 3.73. The summed E-state index contributed by atoms with van der Waals surface area (Å²) in [5, 5.41) is 3.59. The fourth-order valence-corrected chi connectivity index (χ4v) is 2.05. The number of rotatable bonds is 1. The molecular weight excluding hydrogens is 218 g/mol. The quantitative estimate of drug-likeness (QED) is 0.772. The van der Waals surface area contributed by atoms with Gasteiger partial charge in [0, 0.05) is 12.7 Å². The van der Waals surface area contributed by atoms with Crippen LogP contribution >= 0.6 is 11.3 Å². The van der Waals surface area contributed by atoms with Crippen molar-refractivity contribution in [3.05, 3.63) is 35.2 Å². The van der Waals surface area contributed by atoms with Gasteiger partial charge in [-0.3, -0.25) is 0 Å². The maximum Gasteiger partial charge on any atom is 0.133 e. The van der Waals surface area contributed by atoms with E-state index in [0.29, 0.717) is 6.29 Å². The third-order valence-electron chi connectivity index (χ3n) is 1.77. The number of hydrogen-bond acceptors (Lipinski definition) is 3. The number of aldehydes is 1. The highest BCUT2D eigenvalue weighted by molar-refractivity contribution is 7.17. The summed E-state index contributed by atoms with van der Waals surface area (Å²) in [6.07, 6.45) is 0.653. The Balaban J connectivity index is 0. The summed E-state index contributed by atoms with van der Waals surface area (Å²) in [6, 6.07) is 8.49. The van der Waals surface area contributed by atoms with Crippen molar-refractivity contribution in [2.75, 3.05) is 6.54 Å². The van der Waals surface area contributed by atoms with Gasteiger partial charge in [0.25, 0.3) is 0 Å². The smallest absolute Gasteiger partial charge is 0.133 e. The van der Waals surface area contributed by atoms with Gasteiger partial charge in [-0.2, -0.15) is 0 Å². The van der Waals surface area contributed by atoms with Crippen LogP contribution < -0.4 is 5.73 Å². The highest BCUT2D eigenvalue weighted by atomic mass is 32.1. The van der Waals surface area contributed by atoms with Crippen molar-refractivity contribution in [2.24, 2.45) is 5.73 Å². The average molecular weight is 239 g/mol. The number of carbonyl (C=O) groups excluding carboxylic acids is 1. The SMILES string of the molecule is CC.Cc1csc2ccccc12.NCC=O.[HH]. The van der Waals surface area contributed by atoms with Crippen LogP contribution in [0.5, 0.6) is 0 Å². The summed E-state index contributed by atoms with van der Waals surface area (Å²) in [6.45, 7) is 6.29. The molecule has 2 rings (SSSR count). The van der Waals surface area contributed by atoms with Crippen LogP contribution in [0.25, 0.3) is 10.1 Å². The fraction of sp³-hybridized carbons (Fsp3) is 0.308. The largest absolute Gasteiger partial charge is 0.324 e. The number of thiophene rings is 1. The second-order valence-electron chi connectivity index (χ2n) is 2.82. The minimum atomic E-state index is 0. The van der Waals surface area contributed by atoms with Crippen LogP contribution in [-0.4, -0.2) is 12.8 Å². The van der Waals surface area contributed by atoms with Crippen LogP contribution in [0.3, 0.4) is 0 Å². The Morgan fingerprint density at radius 1 is 1.38 bits per heavy atom. The van der Waals surface area contributed by atoms with E-state index in [1.54, 1.807) is 0 Å². The summed E-state index contributed by atoms with van der Waals surface area (Å²) in [4.78, 5) is 9.05. The van der Waals surface area contributed by atoms with E-state index in [1.165, 1.54) is 15.6 Å². The second kappa shape index (κ2) is 9.07. The molecule has 0 radical (unpaired) electrons. The standard InChI is InChI=1S/C9H8S.C2H5NO.C2H6.H2/c1-7-6-10-9-5-3-2-4-8(7)9;3-1-2-4;1-2;/h2-6H,1H3;2H,1,3H2;1-2H3;1H. The third kappa shape index (κ3) is 4.55. The molecule has 0 saturated heterocycles. The van der Waals surface area contributed by atoms with Crippen LogP contribution in [0.1, 0.15) is 20.8 Å². The lowest BCUT2D eigenvalue weighted by molar-refractivity contribution is -0.106. The predicted octanol–water partition coefficient (Wildman–Crippen LogP) is 3.63. The van der Waals surface area contributed by atoms with Gasteiger partial charge in [0.2, 0.25) is 0 Å². The first-order chi connectivity index (χ1) is 7.79. The van der Waals surface area contributed by atoms with E-state index < -0.39 is 0 Å². The van der Waals surface area contributed by atoms with Crippen LogP contribution in [-0.2, 0) is 4.79 Å². The summed E-state index contributed by atoms with van der Waals surface area (Å²) in [5.41, 5.74) is 6.05. The number of nitrogens with two attached hydrogens (primary N) is 1. The van der Waals surface area contributed by atoms with Crippen molar-refractivity contribution >= 4 is 27.7 Å². The van der Waals surface area contributed by atoms with E-state index in [2.05, 4.69) is 42.3 Å². The van der Waals surface area contributed by atoms with Crippen LogP contribution in [0.2, 0.25) is 0 Å². The normalized spacial score (nSPS) is 8.50. The number of fused-ring (bicyclic) bond motifs is 1. The number of aryl methyl sites for hydroxylation is 1. The lowest BCUT2D eigenvalue weighted by atomic mass is 10.2. The molecule has 0 saturated carbocycles. The Kier molecular flexibility index (Phi) is 8.39. The molecule has 2 N–H and O–H groups in total. The minimum Gasteiger partial charge on any atom is -0.324 e. The molecule has 0 fully saturated rings. The Bertz CT molecular complexity index is 414. The highest BCUT2D eigenvalue weighted by Crippen LogP contribution is 2.24. The summed E-state index contributed by atoms with van der Waals surface area (Å²) >= 11 is 1.81. The first-order valence-electron chi connectivity index (χ1n) is 5.36. The van der Waals surface area contributed by atoms with Crippen LogP contribution in [0.15, 0.2) is 29.6 Å². The first-order valence-corrected chi connectivity index (χ1v) is 6.24. The van der Waals surface area contributed by atoms with E-state index in [1.807, 2.05) is 25.2 Å². The van der Waals surface area contributed by atoms with Crippen molar-refractivity contribution in [1.82, 2.24) is 0 Å². The Morgan fingerprint density at radius 2 is 1.94 bits per heavy atom. The zero-order chi connectivity index (χ0) is 12.4. The van der Waals surface area contributed by atoms with Crippen molar-refractivity contribution in [3.8, 4) is 0 Å². The molecule has 16 heavy (non-hydrogen) atoms. The van der Waals surface area contributed by atoms with Crippen molar-refractivity contribution in [1.29, 1.82) is 0 Å². The molecule has 1 heterocycles. The molecule has 0 spiro atoms. The van der Waals surface area contributed by atoms with Crippen molar-refractivity contribution in [2.45, 2.75) is 20.8 Å². The highest BCUT2D eigenvalue weighted by Gasteiger charge is 1.95. The van der Waals surface area contributed by atoms with E-state index in [-0.39, 0.29) is 7.97 Å². The van der Waals surface area contributed by atoms with E-state index >= 15 is 0 Å². The van der Waals surface area contributed by atoms with Gasteiger partial charge in [0.05, 0.1) is 0 Å². The summed E-state index contributed by atoms with van der Waals surface area (Å²) < 4.78 is 1.39. The van der Waals surface area contributed by atoms with Gasteiger partial charge in [0.15, 0.2) is 0 Å². The fourth-order valence-electron chi connectivity index (χ4n) is 1.11. The molecule has 3 heteroatoms. The molecule has 0 aliphatic rings. The van der Waals surface area contributed by atoms with Gasteiger partial charge < -0.3 is 10.5 Å². The molecule has 0 bridgehead atoms. The first kappa shape index (κ1) is 14.8. The lowest BCUT2D eigenvalue weighted by Gasteiger charge is -1.86. The molecule has 1 aromatic heterocycles. The van der Waals surface area contributed by atoms with Gasteiger partial charge in [-0.05, 0) is 29.3 Å². The molecule has 0 aliphatic heterocycles. The minimum absolute atomic E-state index is 0. The molecule has 2 nitrogen and oxygen atoms in total. The van der Waals surface area contributed by atoms with Gasteiger partial charge in [0.1, 0.15) is 6.29 Å². The number of hydrogen-bond donors (Lipinski definition) is 1. The van der Waals surface area contributed by atoms with Crippen LogP contribution in [0, 0.1) is 6.92 Å². The van der Waals surface area contributed by atoms with Crippen molar-refractivity contribution < 1.29 is 6.22 Å². The topological polar surface area (TPSA) is 43.1 Å². The average Bonchev–Trinajstić information content (AvgIpc) is 2.75. The molecule has 1 aromatic carbocycles. The molecule has 0 unspecified atom stereocenters. The number of benzene rings is 1. The van der Waals surface area contributed by atoms with Gasteiger partial charge >= 0.3 is 0 Å². The molecule has 0 atom stereocenters. The molecule has 90 valence electrons. The third-order valence-corrected chi connectivity index (χ3v) is 2.85. The molecular formula is C13H21NOS. The van der Waals surface area contributed by atoms with E-state index in [9.17, 15) is 0 Å². The molecule has 0 aliphatic carbocycles. The molecule has 2 aromatic rings. The van der Waals surface area contributed by atoms with Gasteiger partial charge in [-0.1, -0.05) is 32.0 Å². The van der Waals surface area contributed by atoms with E-state index in [0.717, 1.165) is 0 Å². The van der Waals surface area contributed by atoms with Crippen molar-refractivity contribution in [3.63, 3.8) is 0 Å².